The third kappa shape index (κ3) is 3.36. The first-order chi connectivity index (χ1) is 12.0. The van der Waals surface area contributed by atoms with Gasteiger partial charge in [-0.25, -0.2) is 13.4 Å². The van der Waals surface area contributed by atoms with Gasteiger partial charge in [-0.3, -0.25) is 0 Å². The summed E-state index contributed by atoms with van der Waals surface area (Å²) in [5.74, 6) is 0.666. The number of nitrogens with one attached hydrogen (secondary N) is 1. The number of methoxy groups -OCH3 is 1. The maximum absolute atomic E-state index is 13.5. The molecule has 2 heterocycles. The Morgan fingerprint density at radius 3 is 2.80 bits per heavy atom. The maximum atomic E-state index is 13.5. The lowest BCUT2D eigenvalue weighted by Gasteiger charge is -2.32. The number of sulfonamides is 1. The molecule has 6 nitrogen and oxygen atoms in total. The number of nitrogens with zero attached hydrogens (tertiary/aromatic N) is 2. The highest BCUT2D eigenvalue weighted by molar-refractivity contribution is 7.89. The number of fused-ring (bicyclic) bond motifs is 1. The van der Waals surface area contributed by atoms with Crippen LogP contribution in [0.15, 0.2) is 35.4 Å². The van der Waals surface area contributed by atoms with Gasteiger partial charge in [0.1, 0.15) is 0 Å². The molecule has 1 aromatic heterocycles. The summed E-state index contributed by atoms with van der Waals surface area (Å²) < 4.78 is 34.0. The van der Waals surface area contributed by atoms with Gasteiger partial charge in [-0.1, -0.05) is 19.9 Å². The van der Waals surface area contributed by atoms with Crippen molar-refractivity contribution in [1.29, 1.82) is 0 Å². The Morgan fingerprint density at radius 1 is 1.28 bits per heavy atom. The molecule has 1 unspecified atom stereocenters. The van der Waals surface area contributed by atoms with E-state index in [1.165, 1.54) is 7.11 Å². The average Bonchev–Trinajstić information content (AvgIpc) is 2.87. The van der Waals surface area contributed by atoms with Crippen LogP contribution in [-0.4, -0.2) is 50.5 Å². The molecular formula is C18H25N3O3S. The van der Waals surface area contributed by atoms with Gasteiger partial charge in [-0.05, 0) is 37.1 Å². The summed E-state index contributed by atoms with van der Waals surface area (Å²) in [5.41, 5.74) is 0. The van der Waals surface area contributed by atoms with Crippen LogP contribution in [0.25, 0.3) is 10.8 Å². The van der Waals surface area contributed by atoms with Crippen molar-refractivity contribution in [2.45, 2.75) is 31.2 Å². The van der Waals surface area contributed by atoms with Crippen LogP contribution < -0.4 is 10.1 Å². The largest absolute Gasteiger partial charge is 0.481 e. The summed E-state index contributed by atoms with van der Waals surface area (Å²) in [5, 5.41) is 4.71. The SMILES string of the molecule is COc1nccc2c(S(=O)(=O)N3CCCNCC3C(C)C)cccc12. The van der Waals surface area contributed by atoms with E-state index in [1.54, 1.807) is 28.7 Å². The Balaban J connectivity index is 2.15. The van der Waals surface area contributed by atoms with Crippen molar-refractivity contribution in [2.24, 2.45) is 5.92 Å². The number of aromatic nitrogens is 1. The zero-order chi connectivity index (χ0) is 18.0. The van der Waals surface area contributed by atoms with Crippen LogP contribution in [0.3, 0.4) is 0 Å². The fourth-order valence-electron chi connectivity index (χ4n) is 3.41. The predicted octanol–water partition coefficient (Wildman–Crippen LogP) is 2.25. The van der Waals surface area contributed by atoms with E-state index in [0.717, 1.165) is 13.0 Å². The first kappa shape index (κ1) is 18.1. The molecule has 1 aliphatic heterocycles. The molecule has 0 radical (unpaired) electrons. The monoisotopic (exact) mass is 363 g/mol. The fourth-order valence-corrected chi connectivity index (χ4v) is 5.41. The van der Waals surface area contributed by atoms with Crippen molar-refractivity contribution >= 4 is 20.8 Å². The number of hydrogen-bond acceptors (Lipinski definition) is 5. The van der Waals surface area contributed by atoms with Gasteiger partial charge in [0.2, 0.25) is 15.9 Å². The molecule has 2 aromatic rings. The van der Waals surface area contributed by atoms with Gasteiger partial charge in [-0.15, -0.1) is 0 Å². The van der Waals surface area contributed by atoms with Crippen LogP contribution in [0.4, 0.5) is 0 Å². The summed E-state index contributed by atoms with van der Waals surface area (Å²) in [6, 6.07) is 6.94. The van der Waals surface area contributed by atoms with E-state index in [-0.39, 0.29) is 12.0 Å². The summed E-state index contributed by atoms with van der Waals surface area (Å²) >= 11 is 0. The third-order valence-electron chi connectivity index (χ3n) is 4.73. The van der Waals surface area contributed by atoms with Crippen molar-refractivity contribution in [3.05, 3.63) is 30.5 Å². The van der Waals surface area contributed by atoms with E-state index >= 15 is 0 Å². The van der Waals surface area contributed by atoms with Crippen LogP contribution in [0.2, 0.25) is 0 Å². The molecular weight excluding hydrogens is 338 g/mol. The molecule has 0 aliphatic carbocycles. The molecule has 25 heavy (non-hydrogen) atoms. The van der Waals surface area contributed by atoms with Crippen LogP contribution in [0, 0.1) is 5.92 Å². The lowest BCUT2D eigenvalue weighted by molar-refractivity contribution is 0.271. The first-order valence-electron chi connectivity index (χ1n) is 8.61. The van der Waals surface area contributed by atoms with Gasteiger partial charge in [-0.2, -0.15) is 4.31 Å². The van der Waals surface area contributed by atoms with Gasteiger partial charge >= 0.3 is 0 Å². The minimum atomic E-state index is -3.62. The third-order valence-corrected chi connectivity index (χ3v) is 6.72. The zero-order valence-corrected chi connectivity index (χ0v) is 15.7. The second-order valence-electron chi connectivity index (χ2n) is 6.66. The van der Waals surface area contributed by atoms with Gasteiger partial charge < -0.3 is 10.1 Å². The highest BCUT2D eigenvalue weighted by atomic mass is 32.2. The van der Waals surface area contributed by atoms with E-state index < -0.39 is 10.0 Å². The van der Waals surface area contributed by atoms with Crippen molar-refractivity contribution in [3.63, 3.8) is 0 Å². The Bertz CT molecular complexity index is 852. The van der Waals surface area contributed by atoms with E-state index in [9.17, 15) is 8.42 Å². The molecule has 136 valence electrons. The second-order valence-corrected chi connectivity index (χ2v) is 8.52. The van der Waals surface area contributed by atoms with Crippen LogP contribution >= 0.6 is 0 Å². The van der Waals surface area contributed by atoms with Crippen molar-refractivity contribution < 1.29 is 13.2 Å². The number of pyridine rings is 1. The van der Waals surface area contributed by atoms with Crippen LogP contribution in [0.1, 0.15) is 20.3 Å². The molecule has 0 saturated carbocycles. The molecule has 1 atom stereocenters. The zero-order valence-electron chi connectivity index (χ0n) is 14.9. The standard InChI is InChI=1S/C18H25N3O3S/c1-13(2)16-12-19-9-5-11-21(16)25(22,23)17-7-4-6-15-14(17)8-10-20-18(15)24-3/h4,6-8,10,13,16,19H,5,9,11-12H2,1-3H3. The summed E-state index contributed by atoms with van der Waals surface area (Å²) in [6.45, 7) is 6.16. The van der Waals surface area contributed by atoms with E-state index in [1.807, 2.05) is 6.07 Å². The van der Waals surface area contributed by atoms with Crippen LogP contribution in [-0.2, 0) is 10.0 Å². The summed E-state index contributed by atoms with van der Waals surface area (Å²) in [7, 11) is -2.08. The molecule has 0 amide bonds. The summed E-state index contributed by atoms with van der Waals surface area (Å²) in [4.78, 5) is 4.50. The van der Waals surface area contributed by atoms with Crippen molar-refractivity contribution in [2.75, 3.05) is 26.7 Å². The Labute approximate surface area is 149 Å². The number of ether oxygens (including phenoxy) is 1. The summed E-state index contributed by atoms with van der Waals surface area (Å²) in [6.07, 6.45) is 2.39. The fraction of sp³-hybridized carbons (Fsp3) is 0.500. The quantitative estimate of drug-likeness (QED) is 0.902. The molecule has 0 bridgehead atoms. The topological polar surface area (TPSA) is 71.5 Å². The van der Waals surface area contributed by atoms with Crippen molar-refractivity contribution in [1.82, 2.24) is 14.6 Å². The number of benzene rings is 1. The van der Waals surface area contributed by atoms with Crippen molar-refractivity contribution in [3.8, 4) is 5.88 Å². The van der Waals surface area contributed by atoms with Gasteiger partial charge in [0.25, 0.3) is 0 Å². The molecule has 1 fully saturated rings. The molecule has 0 spiro atoms. The molecule has 1 aliphatic rings. The molecule has 1 saturated heterocycles. The highest BCUT2D eigenvalue weighted by Gasteiger charge is 2.35. The van der Waals surface area contributed by atoms with Gasteiger partial charge in [0, 0.05) is 36.1 Å². The number of rotatable bonds is 4. The van der Waals surface area contributed by atoms with Crippen LogP contribution in [0.5, 0.6) is 5.88 Å². The molecule has 7 heteroatoms. The Hall–Kier alpha value is -1.70. The van der Waals surface area contributed by atoms with E-state index in [2.05, 4.69) is 24.1 Å². The number of hydrogen-bond donors (Lipinski definition) is 1. The van der Waals surface area contributed by atoms with Gasteiger partial charge in [0.05, 0.1) is 12.0 Å². The maximum Gasteiger partial charge on any atom is 0.243 e. The van der Waals surface area contributed by atoms with E-state index in [0.29, 0.717) is 34.6 Å². The van der Waals surface area contributed by atoms with E-state index in [4.69, 9.17) is 4.74 Å². The Kier molecular flexibility index (Phi) is 5.27. The highest BCUT2D eigenvalue weighted by Crippen LogP contribution is 2.32. The Morgan fingerprint density at radius 2 is 2.08 bits per heavy atom. The smallest absolute Gasteiger partial charge is 0.243 e. The molecule has 1 aromatic carbocycles. The second kappa shape index (κ2) is 7.27. The average molecular weight is 363 g/mol. The minimum Gasteiger partial charge on any atom is -0.481 e. The lowest BCUT2D eigenvalue weighted by atomic mass is 10.1. The normalized spacial score (nSPS) is 19.9. The van der Waals surface area contributed by atoms with Gasteiger partial charge in [0.15, 0.2) is 0 Å². The molecule has 3 rings (SSSR count). The predicted molar refractivity (Wildman–Crippen MR) is 98.3 cm³/mol. The first-order valence-corrected chi connectivity index (χ1v) is 10.0. The lowest BCUT2D eigenvalue weighted by Crippen LogP contribution is -2.46. The molecule has 1 N–H and O–H groups in total. The minimum absolute atomic E-state index is 0.0634.